The number of ketones is 1. The molecule has 7 heteroatoms. The van der Waals surface area contributed by atoms with Crippen molar-refractivity contribution in [3.05, 3.63) is 21.9 Å². The second-order valence-electron chi connectivity index (χ2n) is 7.95. The van der Waals surface area contributed by atoms with E-state index in [2.05, 4.69) is 18.6 Å². The van der Waals surface area contributed by atoms with Gasteiger partial charge in [-0.15, -0.1) is 11.3 Å². The molecule has 5 nitrogen and oxygen atoms in total. The lowest BCUT2D eigenvalue weighted by Gasteiger charge is -2.36. The van der Waals surface area contributed by atoms with Gasteiger partial charge in [-0.25, -0.2) is 13.1 Å². The molecule has 3 rings (SSSR count). The number of hydrogen-bond donors (Lipinski definition) is 1. The smallest absolute Gasteiger partial charge is 0.212 e. The van der Waals surface area contributed by atoms with Crippen molar-refractivity contribution in [3.63, 3.8) is 0 Å². The second kappa shape index (κ2) is 6.44. The van der Waals surface area contributed by atoms with Gasteiger partial charge in [0.15, 0.2) is 0 Å². The minimum absolute atomic E-state index is 0.109. The Bertz CT molecular complexity index is 768. The number of carbonyl (C=O) groups is 1. The summed E-state index contributed by atoms with van der Waals surface area (Å²) < 4.78 is 33.6. The first kappa shape index (κ1) is 19.0. The average molecular weight is 386 g/mol. The maximum atomic E-state index is 12.7. The molecule has 25 heavy (non-hydrogen) atoms. The average Bonchev–Trinajstić information content (AvgIpc) is 3.09. The number of carbonyl (C=O) groups excluding carboxylic acids is 1. The van der Waals surface area contributed by atoms with Crippen molar-refractivity contribution >= 4 is 27.1 Å². The molecule has 2 bridgehead atoms. The molecule has 2 fully saturated rings. The zero-order chi connectivity index (χ0) is 18.5. The van der Waals surface area contributed by atoms with Gasteiger partial charge in [0.25, 0.3) is 0 Å². The van der Waals surface area contributed by atoms with Crippen molar-refractivity contribution in [3.8, 4) is 0 Å². The van der Waals surface area contributed by atoms with Crippen molar-refractivity contribution in [2.75, 3.05) is 19.4 Å². The quantitative estimate of drug-likeness (QED) is 0.783. The molecule has 3 atom stereocenters. The van der Waals surface area contributed by atoms with Crippen LogP contribution in [-0.2, 0) is 19.6 Å². The molecule has 0 radical (unpaired) electrons. The van der Waals surface area contributed by atoms with Gasteiger partial charge < -0.3 is 4.74 Å². The van der Waals surface area contributed by atoms with Crippen molar-refractivity contribution < 1.29 is 17.9 Å². The van der Waals surface area contributed by atoms with Crippen molar-refractivity contribution in [2.24, 2.45) is 16.7 Å². The number of methoxy groups -OCH3 is 1. The number of fused-ring (bicyclic) bond motifs is 2. The molecule has 0 amide bonds. The molecule has 1 aromatic rings. The van der Waals surface area contributed by atoms with Gasteiger partial charge >= 0.3 is 0 Å². The summed E-state index contributed by atoms with van der Waals surface area (Å²) in [7, 11) is -1.98. The summed E-state index contributed by atoms with van der Waals surface area (Å²) in [5, 5.41) is 0. The van der Waals surface area contributed by atoms with Gasteiger partial charge in [0.05, 0.1) is 5.75 Å². The first-order chi connectivity index (χ1) is 11.6. The molecule has 1 N–H and O–H groups in total. The van der Waals surface area contributed by atoms with Crippen molar-refractivity contribution in [1.82, 2.24) is 4.72 Å². The summed E-state index contributed by atoms with van der Waals surface area (Å²) in [6.07, 6.45) is 1.85. The first-order valence-corrected chi connectivity index (χ1v) is 11.2. The highest BCUT2D eigenvalue weighted by molar-refractivity contribution is 7.89. The van der Waals surface area contributed by atoms with Gasteiger partial charge in [-0.1, -0.05) is 13.8 Å². The van der Waals surface area contributed by atoms with E-state index in [1.807, 2.05) is 19.1 Å². The molecule has 0 saturated heterocycles. The van der Waals surface area contributed by atoms with Crippen LogP contribution < -0.4 is 4.72 Å². The largest absolute Gasteiger partial charge is 0.375 e. The summed E-state index contributed by atoms with van der Waals surface area (Å²) in [4.78, 5) is 14.7. The van der Waals surface area contributed by atoms with Gasteiger partial charge in [0.2, 0.25) is 10.0 Å². The SMILES string of the molecule is COC(CNS(=O)(=O)CC12CCC(CC1=O)C2(C)C)c1ccc(C)s1. The Balaban J connectivity index is 1.71. The number of sulfonamides is 1. The number of aryl methyl sites for hydroxylation is 1. The van der Waals surface area contributed by atoms with E-state index < -0.39 is 15.4 Å². The molecule has 140 valence electrons. The fraction of sp³-hybridized carbons (Fsp3) is 0.722. The van der Waals surface area contributed by atoms with Crippen molar-refractivity contribution in [2.45, 2.75) is 46.1 Å². The highest BCUT2D eigenvalue weighted by Crippen LogP contribution is 2.64. The lowest BCUT2D eigenvalue weighted by atomic mass is 9.70. The minimum atomic E-state index is -3.57. The molecule has 0 aromatic carbocycles. The van der Waals surface area contributed by atoms with Gasteiger partial charge in [-0.2, -0.15) is 0 Å². The molecule has 0 spiro atoms. The molecule has 2 saturated carbocycles. The van der Waals surface area contributed by atoms with Crippen LogP contribution in [0.3, 0.4) is 0 Å². The third kappa shape index (κ3) is 3.20. The standard InChI is InChI=1S/C18H27NO4S2/c1-12-5-6-15(24-12)14(23-4)10-19-25(21,22)11-18-8-7-13(9-16(18)20)17(18,2)3/h5-6,13-14,19H,7-11H2,1-4H3. The summed E-state index contributed by atoms with van der Waals surface area (Å²) >= 11 is 1.60. The highest BCUT2D eigenvalue weighted by atomic mass is 32.2. The van der Waals surface area contributed by atoms with Crippen molar-refractivity contribution in [1.29, 1.82) is 0 Å². The molecule has 1 aromatic heterocycles. The lowest BCUT2D eigenvalue weighted by molar-refractivity contribution is -0.128. The van der Waals surface area contributed by atoms with Crippen LogP contribution in [0.2, 0.25) is 0 Å². The van der Waals surface area contributed by atoms with Gasteiger partial charge in [-0.05, 0) is 43.2 Å². The fourth-order valence-electron chi connectivity index (χ4n) is 4.61. The monoisotopic (exact) mass is 385 g/mol. The van der Waals surface area contributed by atoms with E-state index in [9.17, 15) is 13.2 Å². The van der Waals surface area contributed by atoms with Gasteiger partial charge in [-0.3, -0.25) is 4.79 Å². The third-order valence-electron chi connectivity index (χ3n) is 6.43. The van der Waals surface area contributed by atoms with Gasteiger partial charge in [0, 0.05) is 35.2 Å². The first-order valence-electron chi connectivity index (χ1n) is 8.71. The summed E-state index contributed by atoms with van der Waals surface area (Å²) in [6.45, 7) is 6.30. The normalized spacial score (nSPS) is 29.3. The Kier molecular flexibility index (Phi) is 4.90. The van der Waals surface area contributed by atoms with E-state index >= 15 is 0 Å². The molecule has 0 aliphatic heterocycles. The number of Topliss-reactive ketones (excluding diaryl/α,β-unsaturated/α-hetero) is 1. The van der Waals surface area contributed by atoms with Crippen LogP contribution in [0.5, 0.6) is 0 Å². The van der Waals surface area contributed by atoms with E-state index in [-0.39, 0.29) is 29.6 Å². The third-order valence-corrected chi connectivity index (χ3v) is 9.00. The number of rotatable bonds is 7. The van der Waals surface area contributed by atoms with Crippen LogP contribution in [0.4, 0.5) is 0 Å². The Hall–Kier alpha value is -0.760. The molecular weight excluding hydrogens is 358 g/mol. The molecule has 2 aliphatic rings. The zero-order valence-corrected chi connectivity index (χ0v) is 16.9. The zero-order valence-electron chi connectivity index (χ0n) is 15.3. The second-order valence-corrected chi connectivity index (χ2v) is 11.1. The minimum Gasteiger partial charge on any atom is -0.375 e. The summed E-state index contributed by atoms with van der Waals surface area (Å²) in [5.74, 6) is 0.328. The predicted molar refractivity (Wildman–Crippen MR) is 99.2 cm³/mol. The van der Waals surface area contributed by atoms with Gasteiger partial charge in [0.1, 0.15) is 11.9 Å². The van der Waals surface area contributed by atoms with Crippen LogP contribution >= 0.6 is 11.3 Å². The number of ether oxygens (including phenoxy) is 1. The van der Waals surface area contributed by atoms with Crippen LogP contribution in [0.1, 0.15) is 49.0 Å². The maximum absolute atomic E-state index is 12.7. The topological polar surface area (TPSA) is 72.5 Å². The van der Waals surface area contributed by atoms with E-state index in [0.29, 0.717) is 18.8 Å². The van der Waals surface area contributed by atoms with Crippen LogP contribution in [0.15, 0.2) is 12.1 Å². The highest BCUT2D eigenvalue weighted by Gasteiger charge is 2.65. The van der Waals surface area contributed by atoms with E-state index in [4.69, 9.17) is 4.74 Å². The molecule has 2 aliphatic carbocycles. The number of nitrogens with one attached hydrogen (secondary N) is 1. The van der Waals surface area contributed by atoms with E-state index in [1.54, 1.807) is 18.4 Å². The molecular formula is C18H27NO4S2. The summed E-state index contributed by atoms with van der Waals surface area (Å²) in [5.41, 5.74) is -0.976. The Morgan fingerprint density at radius 1 is 1.40 bits per heavy atom. The Morgan fingerprint density at radius 3 is 2.60 bits per heavy atom. The fourth-order valence-corrected chi connectivity index (χ4v) is 7.40. The number of thiophene rings is 1. The van der Waals surface area contributed by atoms with Crippen LogP contribution in [0.25, 0.3) is 0 Å². The van der Waals surface area contributed by atoms with E-state index in [1.165, 1.54) is 0 Å². The Morgan fingerprint density at radius 2 is 2.12 bits per heavy atom. The summed E-state index contributed by atoms with van der Waals surface area (Å²) in [6, 6.07) is 3.96. The maximum Gasteiger partial charge on any atom is 0.212 e. The number of hydrogen-bond acceptors (Lipinski definition) is 5. The van der Waals surface area contributed by atoms with Crippen LogP contribution in [-0.4, -0.2) is 33.6 Å². The van der Waals surface area contributed by atoms with Crippen LogP contribution in [0, 0.1) is 23.7 Å². The van der Waals surface area contributed by atoms with E-state index in [0.717, 1.165) is 16.2 Å². The lowest BCUT2D eigenvalue weighted by Crippen LogP contribution is -2.45. The molecule has 3 unspecified atom stereocenters. The molecule has 1 heterocycles. The predicted octanol–water partition coefficient (Wildman–Crippen LogP) is 3.06. The Labute approximate surface area is 154 Å².